The summed E-state index contributed by atoms with van der Waals surface area (Å²) in [6.07, 6.45) is 18.7. The van der Waals surface area contributed by atoms with E-state index < -0.39 is 0 Å². The quantitative estimate of drug-likeness (QED) is 0.168. The summed E-state index contributed by atoms with van der Waals surface area (Å²) in [6.45, 7) is 9.04. The fourth-order valence-corrected chi connectivity index (χ4v) is 15.4. The Hall–Kier alpha value is -4.88. The van der Waals surface area contributed by atoms with E-state index in [2.05, 4.69) is 135 Å². The Kier molecular flexibility index (Phi) is 5.98. The second-order valence-electron chi connectivity index (χ2n) is 19.0. The first-order valence-electron chi connectivity index (χ1n) is 21.4. The summed E-state index contributed by atoms with van der Waals surface area (Å²) in [6, 6.07) is 39.0. The van der Waals surface area contributed by atoms with Crippen molar-refractivity contribution >= 4 is 22.6 Å². The average molecular weight is 712 g/mol. The first-order chi connectivity index (χ1) is 27.0. The molecule has 0 amide bonds. The highest BCUT2D eigenvalue weighted by atomic mass is 15.2. The van der Waals surface area contributed by atoms with Crippen LogP contribution in [0.2, 0.25) is 0 Å². The average Bonchev–Trinajstić information content (AvgIpc) is 3.94. The smallest absolute Gasteiger partial charge is 0.0512 e. The Morgan fingerprint density at radius 2 is 1.31 bits per heavy atom. The highest BCUT2D eigenvalue weighted by molar-refractivity contribution is 6.02. The Morgan fingerprint density at radius 1 is 0.636 bits per heavy atom. The lowest BCUT2D eigenvalue weighted by atomic mass is 9.43. The van der Waals surface area contributed by atoms with Crippen LogP contribution in [0.25, 0.3) is 27.8 Å². The monoisotopic (exact) mass is 711 g/mol. The summed E-state index contributed by atoms with van der Waals surface area (Å²) in [7, 11) is 0. The number of allylic oxidation sites excluding steroid dienone is 5. The molecule has 9 aliphatic rings. The van der Waals surface area contributed by atoms with Gasteiger partial charge in [-0.25, -0.2) is 0 Å². The van der Waals surface area contributed by atoms with Crippen molar-refractivity contribution in [2.45, 2.75) is 87.9 Å². The summed E-state index contributed by atoms with van der Waals surface area (Å²) in [4.78, 5) is 2.71. The highest BCUT2D eigenvalue weighted by Crippen LogP contribution is 2.71. The molecule has 0 aromatic heterocycles. The molecule has 1 heterocycles. The molecular formula is C54H49N. The van der Waals surface area contributed by atoms with Crippen LogP contribution in [0, 0.1) is 23.7 Å². The van der Waals surface area contributed by atoms with Crippen molar-refractivity contribution in [3.8, 4) is 22.3 Å². The van der Waals surface area contributed by atoms with Crippen molar-refractivity contribution in [3.05, 3.63) is 166 Å². The van der Waals surface area contributed by atoms with Crippen LogP contribution in [0.5, 0.6) is 0 Å². The maximum Gasteiger partial charge on any atom is 0.0512 e. The lowest BCUT2D eigenvalue weighted by Gasteiger charge is -2.61. The van der Waals surface area contributed by atoms with Crippen LogP contribution >= 0.6 is 0 Å². The number of anilines is 3. The molecule has 2 spiro atoms. The molecule has 8 aliphatic carbocycles. The van der Waals surface area contributed by atoms with E-state index in [0.29, 0.717) is 0 Å². The Bertz CT molecular complexity index is 2590. The number of hydrogen-bond donors (Lipinski definition) is 0. The molecule has 5 aromatic carbocycles. The van der Waals surface area contributed by atoms with Crippen molar-refractivity contribution in [1.29, 1.82) is 0 Å². The molecule has 5 fully saturated rings. The zero-order valence-corrected chi connectivity index (χ0v) is 32.3. The molecule has 270 valence electrons. The Balaban J connectivity index is 1.11. The van der Waals surface area contributed by atoms with E-state index in [1.807, 2.05) is 6.08 Å². The van der Waals surface area contributed by atoms with Crippen LogP contribution < -0.4 is 4.90 Å². The van der Waals surface area contributed by atoms with Gasteiger partial charge in [-0.15, -0.1) is 0 Å². The summed E-state index contributed by atoms with van der Waals surface area (Å²) in [5, 5.41) is 0. The van der Waals surface area contributed by atoms with E-state index in [4.69, 9.17) is 0 Å². The van der Waals surface area contributed by atoms with Gasteiger partial charge in [0.05, 0.1) is 11.4 Å². The largest absolute Gasteiger partial charge is 0.310 e. The predicted octanol–water partition coefficient (Wildman–Crippen LogP) is 13.9. The summed E-state index contributed by atoms with van der Waals surface area (Å²) in [5.41, 5.74) is 23.5. The van der Waals surface area contributed by atoms with Gasteiger partial charge in [0.2, 0.25) is 0 Å². The third-order valence-electron chi connectivity index (χ3n) is 16.9. The topological polar surface area (TPSA) is 3.24 Å². The van der Waals surface area contributed by atoms with Crippen LogP contribution in [0.15, 0.2) is 127 Å². The van der Waals surface area contributed by atoms with Crippen molar-refractivity contribution in [2.24, 2.45) is 23.7 Å². The molecule has 1 aliphatic heterocycles. The molecule has 1 nitrogen and oxygen atoms in total. The summed E-state index contributed by atoms with van der Waals surface area (Å²) >= 11 is 0. The number of fused-ring (bicyclic) bond motifs is 11. The van der Waals surface area contributed by atoms with Gasteiger partial charge in [0, 0.05) is 21.9 Å². The molecule has 5 aromatic rings. The van der Waals surface area contributed by atoms with Crippen LogP contribution in [0.1, 0.15) is 111 Å². The highest BCUT2D eigenvalue weighted by Gasteiger charge is 2.62. The van der Waals surface area contributed by atoms with Gasteiger partial charge in [-0.1, -0.05) is 110 Å². The Morgan fingerprint density at radius 3 is 2.07 bits per heavy atom. The number of benzene rings is 5. The van der Waals surface area contributed by atoms with E-state index in [1.54, 1.807) is 22.3 Å². The molecule has 14 rings (SSSR count). The van der Waals surface area contributed by atoms with Gasteiger partial charge < -0.3 is 4.90 Å². The zero-order valence-electron chi connectivity index (χ0n) is 32.3. The van der Waals surface area contributed by atoms with E-state index >= 15 is 0 Å². The summed E-state index contributed by atoms with van der Waals surface area (Å²) in [5.74, 6) is 3.35. The van der Waals surface area contributed by atoms with Gasteiger partial charge in [0.1, 0.15) is 0 Å². The SMILES string of the molecule is C=C/C=C\C1=C(C)c2cccc3c2C1(C)c1c(ccc2c1-c1ccccc1C21CCCC1)N3c1ccc2c(c1)C1(c3ccccc3-2)C2CC3CC(C2)CC1C3. The normalized spacial score (nSPS) is 30.3. The second-order valence-corrected chi connectivity index (χ2v) is 19.0. The van der Waals surface area contributed by atoms with Crippen LogP contribution in [0.4, 0.5) is 17.1 Å². The maximum absolute atomic E-state index is 4.12. The predicted molar refractivity (Wildman–Crippen MR) is 227 cm³/mol. The number of rotatable bonds is 3. The third kappa shape index (κ3) is 3.52. The fraction of sp³-hybridized carbons (Fsp3) is 0.333. The number of nitrogens with zero attached hydrogens (tertiary/aromatic N) is 1. The molecule has 0 N–H and O–H groups in total. The third-order valence-corrected chi connectivity index (χ3v) is 16.9. The number of hydrogen-bond acceptors (Lipinski definition) is 1. The van der Waals surface area contributed by atoms with Crippen molar-refractivity contribution in [1.82, 2.24) is 0 Å². The lowest BCUT2D eigenvalue weighted by Crippen LogP contribution is -2.55. The fourth-order valence-electron chi connectivity index (χ4n) is 15.4. The lowest BCUT2D eigenvalue weighted by molar-refractivity contribution is -0.0399. The molecule has 1 atom stereocenters. The Labute approximate surface area is 326 Å². The molecule has 1 unspecified atom stereocenters. The van der Waals surface area contributed by atoms with Crippen molar-refractivity contribution in [2.75, 3.05) is 4.90 Å². The minimum atomic E-state index is -0.306. The van der Waals surface area contributed by atoms with Crippen LogP contribution in [-0.2, 0) is 16.2 Å². The van der Waals surface area contributed by atoms with Crippen LogP contribution in [-0.4, -0.2) is 0 Å². The minimum Gasteiger partial charge on any atom is -0.310 e. The van der Waals surface area contributed by atoms with E-state index in [9.17, 15) is 0 Å². The first-order valence-corrected chi connectivity index (χ1v) is 21.4. The maximum atomic E-state index is 4.12. The molecular weight excluding hydrogens is 663 g/mol. The molecule has 55 heavy (non-hydrogen) atoms. The van der Waals surface area contributed by atoms with Gasteiger partial charge in [-0.05, 0) is 179 Å². The molecule has 0 saturated heterocycles. The van der Waals surface area contributed by atoms with Gasteiger partial charge >= 0.3 is 0 Å². The van der Waals surface area contributed by atoms with Gasteiger partial charge in [-0.2, -0.15) is 0 Å². The van der Waals surface area contributed by atoms with Crippen molar-refractivity contribution < 1.29 is 0 Å². The molecule has 4 bridgehead atoms. The standard InChI is InChI=1S/C54H49N/c1-4-5-16-42-32(2)38-15-12-19-47-50(38)52(42,3)51-48(23-22-45-49(51)41-14-7-8-17-43(41)53(45)24-10-11-25-53)55(47)37-20-21-40-39-13-6-9-18-44(39)54(46(40)31-37)35-27-33-26-34(29-35)30-36(54)28-33/h4-9,12-23,31,33-36H,1,10-11,24-30H2,2-3H3/b16-5-. The van der Waals surface area contributed by atoms with E-state index in [0.717, 1.165) is 23.7 Å². The minimum absolute atomic E-state index is 0.113. The second kappa shape index (κ2) is 10.5. The van der Waals surface area contributed by atoms with Gasteiger partial charge in [-0.3, -0.25) is 0 Å². The van der Waals surface area contributed by atoms with Crippen molar-refractivity contribution in [3.63, 3.8) is 0 Å². The van der Waals surface area contributed by atoms with Gasteiger partial charge in [0.15, 0.2) is 0 Å². The zero-order chi connectivity index (χ0) is 36.4. The molecule has 5 saturated carbocycles. The first kappa shape index (κ1) is 31.3. The van der Waals surface area contributed by atoms with Gasteiger partial charge in [0.25, 0.3) is 0 Å². The summed E-state index contributed by atoms with van der Waals surface area (Å²) < 4.78 is 0. The molecule has 0 radical (unpaired) electrons. The van der Waals surface area contributed by atoms with E-state index in [1.165, 1.54) is 125 Å². The van der Waals surface area contributed by atoms with Crippen LogP contribution in [0.3, 0.4) is 0 Å². The molecule has 1 heteroatoms. The van der Waals surface area contributed by atoms with E-state index in [-0.39, 0.29) is 16.2 Å².